The summed E-state index contributed by atoms with van der Waals surface area (Å²) in [6.45, 7) is 4.05. The lowest BCUT2D eigenvalue weighted by molar-refractivity contribution is 0.0974. The molecule has 0 atom stereocenters. The van der Waals surface area contributed by atoms with Crippen molar-refractivity contribution in [2.45, 2.75) is 71.6 Å². The fourth-order valence-corrected chi connectivity index (χ4v) is 2.16. The van der Waals surface area contributed by atoms with E-state index in [4.69, 9.17) is 0 Å². The Labute approximate surface area is 116 Å². The van der Waals surface area contributed by atoms with Gasteiger partial charge in [-0.05, 0) is 19.4 Å². The Morgan fingerprint density at radius 2 is 1.68 bits per heavy atom. The van der Waals surface area contributed by atoms with Gasteiger partial charge in [0.2, 0.25) is 0 Å². The number of carbonyl (C=O) groups is 1. The van der Waals surface area contributed by atoms with Gasteiger partial charge in [-0.25, -0.2) is 9.97 Å². The summed E-state index contributed by atoms with van der Waals surface area (Å²) in [5.74, 6) is 0.818. The minimum Gasteiger partial charge on any atom is -0.292 e. The highest BCUT2D eigenvalue weighted by Crippen LogP contribution is 2.11. The number of Topliss-reactive ketones (excluding diaryl/α,β-unsaturated/α-hetero) is 1. The lowest BCUT2D eigenvalue weighted by atomic mass is 10.1. The van der Waals surface area contributed by atoms with E-state index in [-0.39, 0.29) is 5.78 Å². The van der Waals surface area contributed by atoms with Crippen molar-refractivity contribution in [1.29, 1.82) is 0 Å². The second kappa shape index (κ2) is 9.65. The maximum absolute atomic E-state index is 11.9. The first-order valence-corrected chi connectivity index (χ1v) is 7.57. The molecule has 1 aromatic heterocycles. The third-order valence-corrected chi connectivity index (χ3v) is 3.32. The van der Waals surface area contributed by atoms with Gasteiger partial charge in [-0.2, -0.15) is 0 Å². The molecule has 0 unspecified atom stereocenters. The van der Waals surface area contributed by atoms with Gasteiger partial charge in [-0.15, -0.1) is 0 Å². The second-order valence-corrected chi connectivity index (χ2v) is 5.14. The van der Waals surface area contributed by atoms with Gasteiger partial charge < -0.3 is 0 Å². The van der Waals surface area contributed by atoms with Crippen LogP contribution in [0.1, 0.15) is 81.0 Å². The Kier molecular flexibility index (Phi) is 8.03. The molecular formula is C16H26N2O. The van der Waals surface area contributed by atoms with Crippen LogP contribution in [0.4, 0.5) is 0 Å². The van der Waals surface area contributed by atoms with Crippen LogP contribution in [0, 0.1) is 6.92 Å². The van der Waals surface area contributed by atoms with E-state index < -0.39 is 0 Å². The zero-order chi connectivity index (χ0) is 13.9. The molecule has 0 aliphatic heterocycles. The van der Waals surface area contributed by atoms with Crippen LogP contribution in [-0.4, -0.2) is 15.8 Å². The van der Waals surface area contributed by atoms with E-state index in [9.17, 15) is 4.79 Å². The average molecular weight is 262 g/mol. The van der Waals surface area contributed by atoms with E-state index in [1.807, 2.05) is 6.92 Å². The van der Waals surface area contributed by atoms with Crippen LogP contribution in [0.25, 0.3) is 0 Å². The molecule has 0 N–H and O–H groups in total. The number of hydrogen-bond donors (Lipinski definition) is 0. The van der Waals surface area contributed by atoms with Crippen molar-refractivity contribution in [3.05, 3.63) is 23.8 Å². The van der Waals surface area contributed by atoms with Crippen molar-refractivity contribution in [3.8, 4) is 0 Å². The Morgan fingerprint density at radius 1 is 1.05 bits per heavy atom. The SMILES string of the molecule is CCCCCCCCCCC(=O)c1ccnc(C)n1. The van der Waals surface area contributed by atoms with Gasteiger partial charge >= 0.3 is 0 Å². The van der Waals surface area contributed by atoms with E-state index in [2.05, 4.69) is 16.9 Å². The van der Waals surface area contributed by atoms with Crippen molar-refractivity contribution in [2.24, 2.45) is 0 Å². The maximum Gasteiger partial charge on any atom is 0.181 e. The van der Waals surface area contributed by atoms with E-state index >= 15 is 0 Å². The molecular weight excluding hydrogens is 236 g/mol. The first-order valence-electron chi connectivity index (χ1n) is 7.57. The Balaban J connectivity index is 2.08. The van der Waals surface area contributed by atoms with Crippen LogP contribution >= 0.6 is 0 Å². The van der Waals surface area contributed by atoms with Crippen molar-refractivity contribution in [3.63, 3.8) is 0 Å². The van der Waals surface area contributed by atoms with Crippen molar-refractivity contribution in [1.82, 2.24) is 9.97 Å². The van der Waals surface area contributed by atoms with E-state index in [1.54, 1.807) is 12.3 Å². The molecule has 0 spiro atoms. The zero-order valence-corrected chi connectivity index (χ0v) is 12.3. The van der Waals surface area contributed by atoms with Gasteiger partial charge in [0, 0.05) is 12.6 Å². The third-order valence-electron chi connectivity index (χ3n) is 3.32. The molecule has 0 bridgehead atoms. The fourth-order valence-electron chi connectivity index (χ4n) is 2.16. The van der Waals surface area contributed by atoms with Crippen LogP contribution < -0.4 is 0 Å². The van der Waals surface area contributed by atoms with Gasteiger partial charge in [0.1, 0.15) is 11.5 Å². The number of aryl methyl sites for hydroxylation is 1. The number of carbonyl (C=O) groups excluding carboxylic acids is 1. The van der Waals surface area contributed by atoms with Gasteiger partial charge in [0.25, 0.3) is 0 Å². The van der Waals surface area contributed by atoms with E-state index in [0.717, 1.165) is 12.8 Å². The maximum atomic E-state index is 11.9. The summed E-state index contributed by atoms with van der Waals surface area (Å²) in [6.07, 6.45) is 12.3. The summed E-state index contributed by atoms with van der Waals surface area (Å²) in [6, 6.07) is 1.71. The summed E-state index contributed by atoms with van der Waals surface area (Å²) < 4.78 is 0. The second-order valence-electron chi connectivity index (χ2n) is 5.14. The average Bonchev–Trinajstić information content (AvgIpc) is 2.41. The lowest BCUT2D eigenvalue weighted by Crippen LogP contribution is -2.03. The quantitative estimate of drug-likeness (QED) is 0.460. The summed E-state index contributed by atoms with van der Waals surface area (Å²) >= 11 is 0. The first-order chi connectivity index (χ1) is 9.24. The lowest BCUT2D eigenvalue weighted by Gasteiger charge is -2.02. The molecule has 1 rings (SSSR count). The van der Waals surface area contributed by atoms with Gasteiger partial charge in [-0.3, -0.25) is 4.79 Å². The molecule has 106 valence electrons. The normalized spacial score (nSPS) is 10.6. The topological polar surface area (TPSA) is 42.9 Å². The highest BCUT2D eigenvalue weighted by atomic mass is 16.1. The molecule has 0 aliphatic carbocycles. The van der Waals surface area contributed by atoms with Crippen LogP contribution in [0.3, 0.4) is 0 Å². The van der Waals surface area contributed by atoms with Gasteiger partial charge in [0.05, 0.1) is 0 Å². The summed E-state index contributed by atoms with van der Waals surface area (Å²) in [7, 11) is 0. The fraction of sp³-hybridized carbons (Fsp3) is 0.688. The van der Waals surface area contributed by atoms with Crippen LogP contribution in [0.15, 0.2) is 12.3 Å². The van der Waals surface area contributed by atoms with Crippen LogP contribution in [0.5, 0.6) is 0 Å². The van der Waals surface area contributed by atoms with Crippen molar-refractivity contribution < 1.29 is 4.79 Å². The van der Waals surface area contributed by atoms with Crippen molar-refractivity contribution in [2.75, 3.05) is 0 Å². The molecule has 1 aromatic rings. The number of rotatable bonds is 10. The molecule has 19 heavy (non-hydrogen) atoms. The number of aromatic nitrogens is 2. The number of nitrogens with zero attached hydrogens (tertiary/aromatic N) is 2. The van der Waals surface area contributed by atoms with Crippen LogP contribution in [-0.2, 0) is 0 Å². The summed E-state index contributed by atoms with van der Waals surface area (Å²) in [5, 5.41) is 0. The summed E-state index contributed by atoms with van der Waals surface area (Å²) in [4.78, 5) is 20.0. The minimum absolute atomic E-state index is 0.150. The molecule has 0 radical (unpaired) electrons. The largest absolute Gasteiger partial charge is 0.292 e. The molecule has 3 heteroatoms. The molecule has 0 aromatic carbocycles. The molecule has 0 amide bonds. The number of unbranched alkanes of at least 4 members (excludes halogenated alkanes) is 7. The Hall–Kier alpha value is -1.25. The van der Waals surface area contributed by atoms with Gasteiger partial charge in [0.15, 0.2) is 5.78 Å². The highest BCUT2D eigenvalue weighted by Gasteiger charge is 2.07. The standard InChI is InChI=1S/C16H26N2O/c1-3-4-5-6-7-8-9-10-11-16(19)15-12-13-17-14(2)18-15/h12-13H,3-11H2,1-2H3. The molecule has 0 saturated carbocycles. The smallest absolute Gasteiger partial charge is 0.181 e. The molecule has 3 nitrogen and oxygen atoms in total. The van der Waals surface area contributed by atoms with Gasteiger partial charge in [-0.1, -0.05) is 51.9 Å². The monoisotopic (exact) mass is 262 g/mol. The highest BCUT2D eigenvalue weighted by molar-refractivity contribution is 5.94. The van der Waals surface area contributed by atoms with Crippen LogP contribution in [0.2, 0.25) is 0 Å². The Morgan fingerprint density at radius 3 is 2.32 bits per heavy atom. The van der Waals surface area contributed by atoms with Crippen molar-refractivity contribution >= 4 is 5.78 Å². The molecule has 0 aliphatic rings. The molecule has 0 saturated heterocycles. The van der Waals surface area contributed by atoms with E-state index in [1.165, 1.54) is 38.5 Å². The van der Waals surface area contributed by atoms with E-state index in [0.29, 0.717) is 17.9 Å². The number of hydrogen-bond acceptors (Lipinski definition) is 3. The third kappa shape index (κ3) is 7.04. The first kappa shape index (κ1) is 15.8. The molecule has 1 heterocycles. The predicted octanol–water partition coefficient (Wildman–Crippen LogP) is 4.50. The predicted molar refractivity (Wildman–Crippen MR) is 78.3 cm³/mol. The molecule has 0 fully saturated rings. The Bertz CT molecular complexity index is 377. The minimum atomic E-state index is 0.150. The zero-order valence-electron chi connectivity index (χ0n) is 12.3. The number of ketones is 1. The summed E-state index contributed by atoms with van der Waals surface area (Å²) in [5.41, 5.74) is 0.565.